The van der Waals surface area contributed by atoms with Crippen LogP contribution in [0.4, 0.5) is 11.4 Å². The van der Waals surface area contributed by atoms with Crippen molar-refractivity contribution in [2.75, 3.05) is 10.0 Å². The van der Waals surface area contributed by atoms with Crippen molar-refractivity contribution in [3.63, 3.8) is 0 Å². The number of aryl methyl sites for hydroxylation is 1. The second-order valence-corrected chi connectivity index (χ2v) is 7.68. The average Bonchev–Trinajstić information content (AvgIpc) is 2.69. The number of carbonyl (C=O) groups is 1. The molecule has 0 saturated heterocycles. The molecule has 0 bridgehead atoms. The predicted octanol–water partition coefficient (Wildman–Crippen LogP) is 4.30. The fourth-order valence-corrected chi connectivity index (χ4v) is 3.59. The first-order valence-electron chi connectivity index (χ1n) is 8.56. The second kappa shape index (κ2) is 8.05. The van der Waals surface area contributed by atoms with Crippen molar-refractivity contribution in [3.05, 3.63) is 90.0 Å². The van der Waals surface area contributed by atoms with Gasteiger partial charge >= 0.3 is 0 Å². The van der Waals surface area contributed by atoms with Gasteiger partial charge in [-0.05, 0) is 60.5 Å². The van der Waals surface area contributed by atoms with Crippen molar-refractivity contribution in [2.24, 2.45) is 0 Å². The lowest BCUT2D eigenvalue weighted by atomic mass is 10.1. The van der Waals surface area contributed by atoms with Crippen LogP contribution >= 0.6 is 0 Å². The van der Waals surface area contributed by atoms with Crippen LogP contribution in [0.1, 0.15) is 22.8 Å². The lowest BCUT2D eigenvalue weighted by molar-refractivity contribution is 0.102. The smallest absolute Gasteiger partial charge is 0.261 e. The Morgan fingerprint density at radius 3 is 2.04 bits per heavy atom. The van der Waals surface area contributed by atoms with E-state index in [0.717, 1.165) is 12.0 Å². The van der Waals surface area contributed by atoms with Gasteiger partial charge in [-0.15, -0.1) is 0 Å². The Kier molecular flexibility index (Phi) is 5.57. The average molecular weight is 380 g/mol. The molecule has 6 heteroatoms. The fraction of sp³-hybridized carbons (Fsp3) is 0.0952. The number of sulfonamides is 1. The summed E-state index contributed by atoms with van der Waals surface area (Å²) in [5, 5.41) is 2.77. The highest BCUT2D eigenvalue weighted by Gasteiger charge is 2.14. The maximum atomic E-state index is 12.4. The molecule has 0 unspecified atom stereocenters. The summed E-state index contributed by atoms with van der Waals surface area (Å²) in [4.78, 5) is 12.4. The molecule has 2 N–H and O–H groups in total. The van der Waals surface area contributed by atoms with Gasteiger partial charge in [-0.2, -0.15) is 0 Å². The molecule has 1 amide bonds. The van der Waals surface area contributed by atoms with E-state index in [4.69, 9.17) is 0 Å². The van der Waals surface area contributed by atoms with Gasteiger partial charge < -0.3 is 5.32 Å². The largest absolute Gasteiger partial charge is 0.322 e. The number of amides is 1. The van der Waals surface area contributed by atoms with Crippen LogP contribution in [0.3, 0.4) is 0 Å². The maximum absolute atomic E-state index is 12.4. The van der Waals surface area contributed by atoms with Crippen molar-refractivity contribution in [3.8, 4) is 0 Å². The van der Waals surface area contributed by atoms with Gasteiger partial charge in [0.25, 0.3) is 15.9 Å². The van der Waals surface area contributed by atoms with E-state index in [2.05, 4.69) is 17.0 Å². The third-order valence-electron chi connectivity index (χ3n) is 4.07. The molecule has 3 aromatic carbocycles. The Bertz CT molecular complexity index is 1010. The monoisotopic (exact) mass is 380 g/mol. The minimum absolute atomic E-state index is 0.122. The van der Waals surface area contributed by atoms with Gasteiger partial charge in [-0.1, -0.05) is 37.3 Å². The van der Waals surface area contributed by atoms with Crippen molar-refractivity contribution < 1.29 is 13.2 Å². The predicted molar refractivity (Wildman–Crippen MR) is 107 cm³/mol. The number of anilines is 2. The molecule has 0 aliphatic carbocycles. The zero-order chi connectivity index (χ0) is 19.3. The molecule has 27 heavy (non-hydrogen) atoms. The SMILES string of the molecule is CCc1ccc(C(=O)Nc2ccc(S(=O)(=O)Nc3ccccc3)cc2)cc1. The van der Waals surface area contributed by atoms with Gasteiger partial charge in [-0.3, -0.25) is 9.52 Å². The van der Waals surface area contributed by atoms with E-state index in [0.29, 0.717) is 16.9 Å². The van der Waals surface area contributed by atoms with E-state index in [1.54, 1.807) is 48.5 Å². The first-order valence-corrected chi connectivity index (χ1v) is 10.0. The normalized spacial score (nSPS) is 11.0. The molecule has 3 aromatic rings. The van der Waals surface area contributed by atoms with Gasteiger partial charge in [0.15, 0.2) is 0 Å². The number of hydrogen-bond donors (Lipinski definition) is 2. The van der Waals surface area contributed by atoms with Gasteiger partial charge in [0.1, 0.15) is 0 Å². The Hall–Kier alpha value is -3.12. The lowest BCUT2D eigenvalue weighted by Gasteiger charge is -2.09. The Morgan fingerprint density at radius 2 is 1.44 bits per heavy atom. The van der Waals surface area contributed by atoms with E-state index in [1.165, 1.54) is 12.1 Å². The van der Waals surface area contributed by atoms with Gasteiger partial charge in [0.05, 0.1) is 4.90 Å². The molecule has 3 rings (SSSR count). The van der Waals surface area contributed by atoms with E-state index >= 15 is 0 Å². The van der Waals surface area contributed by atoms with Crippen LogP contribution in [0.15, 0.2) is 83.8 Å². The number of benzene rings is 3. The van der Waals surface area contributed by atoms with Crippen LogP contribution in [-0.4, -0.2) is 14.3 Å². The third kappa shape index (κ3) is 4.74. The highest BCUT2D eigenvalue weighted by molar-refractivity contribution is 7.92. The van der Waals surface area contributed by atoms with Crippen LogP contribution < -0.4 is 10.0 Å². The van der Waals surface area contributed by atoms with Gasteiger partial charge in [0, 0.05) is 16.9 Å². The zero-order valence-electron chi connectivity index (χ0n) is 14.8. The maximum Gasteiger partial charge on any atom is 0.261 e. The molecule has 0 spiro atoms. The highest BCUT2D eigenvalue weighted by atomic mass is 32.2. The second-order valence-electron chi connectivity index (χ2n) is 6.00. The van der Waals surface area contributed by atoms with Gasteiger partial charge in [0.2, 0.25) is 0 Å². The van der Waals surface area contributed by atoms with Crippen LogP contribution in [-0.2, 0) is 16.4 Å². The van der Waals surface area contributed by atoms with Crippen LogP contribution in [0, 0.1) is 0 Å². The minimum atomic E-state index is -3.68. The Morgan fingerprint density at radius 1 is 0.815 bits per heavy atom. The molecule has 0 saturated carbocycles. The lowest BCUT2D eigenvalue weighted by Crippen LogP contribution is -2.14. The summed E-state index contributed by atoms with van der Waals surface area (Å²) in [5.74, 6) is -0.240. The number of rotatable bonds is 6. The summed E-state index contributed by atoms with van der Waals surface area (Å²) >= 11 is 0. The molecule has 0 fully saturated rings. The quantitative estimate of drug-likeness (QED) is 0.669. The number of para-hydroxylation sites is 1. The summed E-state index contributed by atoms with van der Waals surface area (Å²) in [6.45, 7) is 2.05. The van der Waals surface area contributed by atoms with E-state index in [9.17, 15) is 13.2 Å². The molecule has 138 valence electrons. The molecule has 0 atom stereocenters. The Labute approximate surface area is 159 Å². The molecule has 0 aromatic heterocycles. The zero-order valence-corrected chi connectivity index (χ0v) is 15.7. The summed E-state index contributed by atoms with van der Waals surface area (Å²) in [5.41, 5.74) is 2.73. The number of carbonyl (C=O) groups excluding carboxylic acids is 1. The molecule has 0 aliphatic heterocycles. The van der Waals surface area contributed by atoms with Crippen LogP contribution in [0.2, 0.25) is 0 Å². The van der Waals surface area contributed by atoms with Crippen LogP contribution in [0.25, 0.3) is 0 Å². The van der Waals surface area contributed by atoms with Crippen LogP contribution in [0.5, 0.6) is 0 Å². The Balaban J connectivity index is 1.70. The summed E-state index contributed by atoms with van der Waals surface area (Å²) in [6, 6.07) is 22.1. The fourth-order valence-electron chi connectivity index (χ4n) is 2.53. The molecular weight excluding hydrogens is 360 g/mol. The summed E-state index contributed by atoms with van der Waals surface area (Å²) in [6.07, 6.45) is 0.912. The molecular formula is C21H20N2O3S. The molecule has 0 aliphatic rings. The van der Waals surface area contributed by atoms with Crippen molar-refractivity contribution in [1.82, 2.24) is 0 Å². The molecule has 5 nitrogen and oxygen atoms in total. The van der Waals surface area contributed by atoms with Gasteiger partial charge in [-0.25, -0.2) is 8.42 Å². The van der Waals surface area contributed by atoms with E-state index in [-0.39, 0.29) is 10.8 Å². The first-order chi connectivity index (χ1) is 13.0. The topological polar surface area (TPSA) is 75.3 Å². The molecule has 0 radical (unpaired) electrons. The van der Waals surface area contributed by atoms with Crippen molar-refractivity contribution >= 4 is 27.3 Å². The number of nitrogens with one attached hydrogen (secondary N) is 2. The minimum Gasteiger partial charge on any atom is -0.322 e. The highest BCUT2D eigenvalue weighted by Crippen LogP contribution is 2.18. The summed E-state index contributed by atoms with van der Waals surface area (Å²) in [7, 11) is -3.68. The standard InChI is InChI=1S/C21H20N2O3S/c1-2-16-8-10-17(11-9-16)21(24)22-18-12-14-20(15-13-18)27(25,26)23-19-6-4-3-5-7-19/h3-15,23H,2H2,1H3,(H,22,24). The summed E-state index contributed by atoms with van der Waals surface area (Å²) < 4.78 is 27.4. The van der Waals surface area contributed by atoms with E-state index < -0.39 is 10.0 Å². The van der Waals surface area contributed by atoms with Crippen molar-refractivity contribution in [2.45, 2.75) is 18.2 Å². The molecule has 0 heterocycles. The van der Waals surface area contributed by atoms with Crippen molar-refractivity contribution in [1.29, 1.82) is 0 Å². The number of hydrogen-bond acceptors (Lipinski definition) is 3. The first kappa shape index (κ1) is 18.7. The third-order valence-corrected chi connectivity index (χ3v) is 5.47. The van der Waals surface area contributed by atoms with E-state index in [1.807, 2.05) is 18.2 Å².